The highest BCUT2D eigenvalue weighted by Gasteiger charge is 2.08. The lowest BCUT2D eigenvalue weighted by Gasteiger charge is -2.07. The van der Waals surface area contributed by atoms with E-state index in [4.69, 9.17) is 0 Å². The van der Waals surface area contributed by atoms with Crippen molar-refractivity contribution in [3.05, 3.63) is 212 Å². The zero-order valence-corrected chi connectivity index (χ0v) is 30.8. The number of benzene rings is 7. The van der Waals surface area contributed by atoms with Gasteiger partial charge in [-0.15, -0.1) is 11.3 Å². The molecule has 0 fully saturated rings. The lowest BCUT2D eigenvalue weighted by molar-refractivity contribution is 1.36. The van der Waals surface area contributed by atoms with Gasteiger partial charge in [0.1, 0.15) is 0 Å². The molecule has 0 bridgehead atoms. The molecule has 4 heterocycles. The first-order valence-corrected chi connectivity index (χ1v) is 19.2. The van der Waals surface area contributed by atoms with Gasteiger partial charge in [0, 0.05) is 45.9 Å². The molecule has 3 nitrogen and oxygen atoms in total. The Morgan fingerprint density at radius 3 is 1.11 bits per heavy atom. The maximum absolute atomic E-state index is 4.58. The van der Waals surface area contributed by atoms with Gasteiger partial charge in [0.2, 0.25) is 0 Å². The summed E-state index contributed by atoms with van der Waals surface area (Å²) in [5.41, 5.74) is 5.52. The molecule has 0 aliphatic rings. The highest BCUT2D eigenvalue weighted by atomic mass is 32.1. The zero-order valence-electron chi connectivity index (χ0n) is 30.0. The maximum atomic E-state index is 4.58. The molecule has 0 atom stereocenters. The van der Waals surface area contributed by atoms with Crippen molar-refractivity contribution in [3.8, 4) is 33.1 Å². The van der Waals surface area contributed by atoms with Crippen LogP contribution in [0.1, 0.15) is 0 Å². The quantitative estimate of drug-likeness (QED) is 0.182. The van der Waals surface area contributed by atoms with Gasteiger partial charge in [0.25, 0.3) is 0 Å². The second-order valence-electron chi connectivity index (χ2n) is 13.2. The highest BCUT2D eigenvalue weighted by molar-refractivity contribution is 7.13. The Hall–Kier alpha value is -7.01. The lowest BCUT2D eigenvalue weighted by Crippen LogP contribution is -1.86. The van der Waals surface area contributed by atoms with Crippen molar-refractivity contribution >= 4 is 65.2 Å². The molecule has 0 amide bonds. The Morgan fingerprint density at radius 1 is 0.291 bits per heavy atom. The van der Waals surface area contributed by atoms with Crippen molar-refractivity contribution in [2.45, 2.75) is 0 Å². The van der Waals surface area contributed by atoms with Gasteiger partial charge in [0.05, 0.1) is 22.0 Å². The van der Waals surface area contributed by atoms with Crippen LogP contribution in [-0.4, -0.2) is 15.0 Å². The molecule has 4 heteroatoms. The van der Waals surface area contributed by atoms with Crippen LogP contribution in [-0.2, 0) is 0 Å². The van der Waals surface area contributed by atoms with E-state index in [1.807, 2.05) is 24.7 Å². The van der Waals surface area contributed by atoms with Crippen molar-refractivity contribution in [3.63, 3.8) is 0 Å². The predicted octanol–water partition coefficient (Wildman–Crippen LogP) is 14.1. The van der Waals surface area contributed by atoms with Gasteiger partial charge in [-0.05, 0) is 79.5 Å². The van der Waals surface area contributed by atoms with E-state index < -0.39 is 0 Å². The van der Waals surface area contributed by atoms with Crippen LogP contribution in [0.2, 0.25) is 0 Å². The average Bonchev–Trinajstić information content (AvgIpc) is 3.81. The molecule has 11 aromatic rings. The molecule has 11 rings (SSSR count). The summed E-state index contributed by atoms with van der Waals surface area (Å²) in [6.45, 7) is 0. The molecule has 55 heavy (non-hydrogen) atoms. The summed E-state index contributed by atoms with van der Waals surface area (Å²) in [5.74, 6) is 0. The van der Waals surface area contributed by atoms with Crippen LogP contribution in [0.5, 0.6) is 0 Å². The van der Waals surface area contributed by atoms with Crippen molar-refractivity contribution in [1.29, 1.82) is 0 Å². The monoisotopic (exact) mass is 721 g/mol. The third-order valence-corrected chi connectivity index (χ3v) is 10.7. The number of nitrogens with zero attached hydrogens (tertiary/aromatic N) is 3. The van der Waals surface area contributed by atoms with E-state index in [-0.39, 0.29) is 0 Å². The van der Waals surface area contributed by atoms with Crippen LogP contribution < -0.4 is 0 Å². The highest BCUT2D eigenvalue weighted by Crippen LogP contribution is 2.31. The summed E-state index contributed by atoms with van der Waals surface area (Å²) in [6, 6.07) is 65.3. The fraction of sp³-hybridized carbons (Fsp3) is 0. The molecule has 7 aromatic carbocycles. The first-order valence-electron chi connectivity index (χ1n) is 18.3. The van der Waals surface area contributed by atoms with Gasteiger partial charge in [-0.1, -0.05) is 152 Å². The van der Waals surface area contributed by atoms with Gasteiger partial charge in [-0.3, -0.25) is 15.0 Å². The molecule has 0 radical (unpaired) electrons. The van der Waals surface area contributed by atoms with E-state index in [0.717, 1.165) is 17.1 Å². The summed E-state index contributed by atoms with van der Waals surface area (Å²) < 4.78 is 0. The fourth-order valence-corrected chi connectivity index (χ4v) is 7.84. The largest absolute Gasteiger partial charge is 0.256 e. The standard InChI is InChI=1S/2C19H13N.C13H9NS/c2*1-2-7-16-13-17(10-9-14(16)5-1)19-18-8-4-3-6-15(18)11-12-20-19;1-2-5-11-10(4-1)7-8-14-13(11)12-6-3-9-15-12/h2*1-13H;1-9H. The van der Waals surface area contributed by atoms with Crippen LogP contribution >= 0.6 is 11.3 Å². The second kappa shape index (κ2) is 15.5. The summed E-state index contributed by atoms with van der Waals surface area (Å²) in [6.07, 6.45) is 5.64. The number of aromatic nitrogens is 3. The molecule has 0 aliphatic carbocycles. The summed E-state index contributed by atoms with van der Waals surface area (Å²) in [7, 11) is 0. The van der Waals surface area contributed by atoms with E-state index in [1.54, 1.807) is 11.3 Å². The fourth-order valence-electron chi connectivity index (χ4n) is 7.10. The van der Waals surface area contributed by atoms with Gasteiger partial charge in [0.15, 0.2) is 0 Å². The molecule has 4 aromatic heterocycles. The van der Waals surface area contributed by atoms with Crippen molar-refractivity contribution in [2.75, 3.05) is 0 Å². The summed E-state index contributed by atoms with van der Waals surface area (Å²) in [5, 5.41) is 14.4. The van der Waals surface area contributed by atoms with Gasteiger partial charge >= 0.3 is 0 Å². The topological polar surface area (TPSA) is 38.7 Å². The zero-order chi connectivity index (χ0) is 36.8. The van der Waals surface area contributed by atoms with Crippen LogP contribution in [0.3, 0.4) is 0 Å². The SMILES string of the molecule is c1ccc2cc(-c3nccc4ccccc34)ccc2c1.c1ccc2cc(-c3nccc4ccccc34)ccc2c1.c1csc(-c2nccc3ccccc23)c1. The van der Waals surface area contributed by atoms with Crippen molar-refractivity contribution < 1.29 is 0 Å². The van der Waals surface area contributed by atoms with E-state index in [2.05, 4.69) is 202 Å². The Morgan fingerprint density at radius 2 is 0.673 bits per heavy atom. The molecular weight excluding hydrogens is 687 g/mol. The second-order valence-corrected chi connectivity index (χ2v) is 14.2. The van der Waals surface area contributed by atoms with Crippen molar-refractivity contribution in [1.82, 2.24) is 15.0 Å². The maximum Gasteiger partial charge on any atom is 0.0879 e. The Labute approximate surface area is 323 Å². The number of hydrogen-bond donors (Lipinski definition) is 0. The van der Waals surface area contributed by atoms with E-state index >= 15 is 0 Å². The van der Waals surface area contributed by atoms with Crippen LogP contribution in [0.15, 0.2) is 212 Å². The number of fused-ring (bicyclic) bond motifs is 5. The number of rotatable bonds is 3. The van der Waals surface area contributed by atoms with E-state index in [9.17, 15) is 0 Å². The number of pyridine rings is 3. The molecule has 260 valence electrons. The molecule has 0 unspecified atom stereocenters. The third-order valence-electron chi connectivity index (χ3n) is 9.82. The average molecular weight is 722 g/mol. The normalized spacial score (nSPS) is 10.9. The van der Waals surface area contributed by atoms with Crippen LogP contribution in [0, 0.1) is 0 Å². The minimum Gasteiger partial charge on any atom is -0.256 e. The van der Waals surface area contributed by atoms with Gasteiger partial charge in [-0.2, -0.15) is 0 Å². The molecule has 0 aliphatic heterocycles. The molecule has 0 saturated carbocycles. The predicted molar refractivity (Wildman–Crippen MR) is 234 cm³/mol. The number of hydrogen-bond acceptors (Lipinski definition) is 4. The van der Waals surface area contributed by atoms with E-state index in [0.29, 0.717) is 0 Å². The lowest BCUT2D eigenvalue weighted by atomic mass is 10.0. The molecule has 0 saturated heterocycles. The molecule has 0 N–H and O–H groups in total. The Kier molecular flexibility index (Phi) is 9.55. The van der Waals surface area contributed by atoms with Crippen LogP contribution in [0.25, 0.3) is 86.9 Å². The molecular formula is C51H35N3S. The van der Waals surface area contributed by atoms with Gasteiger partial charge < -0.3 is 0 Å². The third kappa shape index (κ3) is 7.19. The molecule has 0 spiro atoms. The minimum absolute atomic E-state index is 1.05. The summed E-state index contributed by atoms with van der Waals surface area (Å²) in [4.78, 5) is 14.9. The number of thiophene rings is 1. The Bertz CT molecular complexity index is 2890. The Balaban J connectivity index is 0.000000110. The smallest absolute Gasteiger partial charge is 0.0879 e. The van der Waals surface area contributed by atoms with Crippen molar-refractivity contribution in [2.24, 2.45) is 0 Å². The first kappa shape index (κ1) is 33.8. The van der Waals surface area contributed by atoms with Gasteiger partial charge in [-0.25, -0.2) is 0 Å². The van der Waals surface area contributed by atoms with Crippen LogP contribution in [0.4, 0.5) is 0 Å². The first-order chi connectivity index (χ1) is 27.3. The minimum atomic E-state index is 1.05. The summed E-state index contributed by atoms with van der Waals surface area (Å²) >= 11 is 1.73. The van der Waals surface area contributed by atoms with E-state index in [1.165, 1.54) is 69.9 Å².